The van der Waals surface area contributed by atoms with E-state index in [4.69, 9.17) is 4.74 Å². The van der Waals surface area contributed by atoms with Gasteiger partial charge >= 0.3 is 5.97 Å². The van der Waals surface area contributed by atoms with Crippen molar-refractivity contribution in [3.63, 3.8) is 0 Å². The Labute approximate surface area is 153 Å². The number of benzene rings is 2. The van der Waals surface area contributed by atoms with Crippen molar-refractivity contribution in [2.75, 3.05) is 11.9 Å². The van der Waals surface area contributed by atoms with Gasteiger partial charge < -0.3 is 15.0 Å². The van der Waals surface area contributed by atoms with Crippen LogP contribution < -0.4 is 5.32 Å². The van der Waals surface area contributed by atoms with Gasteiger partial charge in [-0.25, -0.2) is 4.79 Å². The van der Waals surface area contributed by atoms with Crippen LogP contribution in [-0.4, -0.2) is 23.6 Å². The van der Waals surface area contributed by atoms with Crippen LogP contribution in [0.3, 0.4) is 0 Å². The second kappa shape index (κ2) is 7.24. The van der Waals surface area contributed by atoms with Crippen molar-refractivity contribution in [2.24, 2.45) is 0 Å². The Morgan fingerprint density at radius 3 is 2.65 bits per heavy atom. The monoisotopic (exact) mass is 348 g/mol. The smallest absolute Gasteiger partial charge is 0.338 e. The summed E-state index contributed by atoms with van der Waals surface area (Å²) >= 11 is 0. The predicted octanol–water partition coefficient (Wildman–Crippen LogP) is 5.37. The van der Waals surface area contributed by atoms with E-state index in [1.54, 1.807) is 0 Å². The van der Waals surface area contributed by atoms with Crippen molar-refractivity contribution >= 4 is 22.6 Å². The fraction of sp³-hybridized carbons (Fsp3) is 0.318. The molecule has 1 fully saturated rings. The molecule has 1 heterocycles. The van der Waals surface area contributed by atoms with E-state index in [1.165, 1.54) is 25.7 Å². The summed E-state index contributed by atoms with van der Waals surface area (Å²) in [6, 6.07) is 16.7. The number of hydrogen-bond donors (Lipinski definition) is 2. The summed E-state index contributed by atoms with van der Waals surface area (Å²) in [5.74, 6) is -0.272. The number of anilines is 1. The minimum absolute atomic E-state index is 0.272. The van der Waals surface area contributed by atoms with Crippen molar-refractivity contribution in [3.8, 4) is 11.3 Å². The molecule has 0 spiro atoms. The zero-order valence-electron chi connectivity index (χ0n) is 15.0. The average Bonchev–Trinajstić information content (AvgIpc) is 3.32. The number of hydrogen-bond acceptors (Lipinski definition) is 3. The van der Waals surface area contributed by atoms with Crippen LogP contribution in [0.1, 0.15) is 43.0 Å². The maximum Gasteiger partial charge on any atom is 0.338 e. The highest BCUT2D eigenvalue weighted by Crippen LogP contribution is 2.32. The summed E-state index contributed by atoms with van der Waals surface area (Å²) in [5, 5.41) is 4.67. The van der Waals surface area contributed by atoms with Crippen molar-refractivity contribution in [3.05, 3.63) is 54.1 Å². The van der Waals surface area contributed by atoms with Crippen molar-refractivity contribution < 1.29 is 9.53 Å². The lowest BCUT2D eigenvalue weighted by molar-refractivity contribution is 0.0526. The zero-order valence-corrected chi connectivity index (χ0v) is 15.0. The first kappa shape index (κ1) is 16.7. The maximum atomic E-state index is 12.3. The molecule has 0 unspecified atom stereocenters. The van der Waals surface area contributed by atoms with Gasteiger partial charge in [0.05, 0.1) is 23.4 Å². The lowest BCUT2D eigenvalue weighted by atomic mass is 10.1. The van der Waals surface area contributed by atoms with Gasteiger partial charge in [-0.3, -0.25) is 0 Å². The van der Waals surface area contributed by atoms with E-state index in [1.807, 2.05) is 37.3 Å². The molecular formula is C22H24N2O2. The first-order valence-electron chi connectivity index (χ1n) is 9.40. The number of rotatable bonds is 5. The first-order valence-corrected chi connectivity index (χ1v) is 9.40. The Kier molecular flexibility index (Phi) is 4.65. The summed E-state index contributed by atoms with van der Waals surface area (Å²) in [6.45, 7) is 2.21. The summed E-state index contributed by atoms with van der Waals surface area (Å²) in [7, 11) is 0. The minimum atomic E-state index is -0.272. The molecule has 2 N–H and O–H groups in total. The number of ether oxygens (including phenoxy) is 1. The normalized spacial score (nSPS) is 14.7. The lowest BCUT2D eigenvalue weighted by Crippen LogP contribution is -2.15. The Morgan fingerprint density at radius 1 is 1.15 bits per heavy atom. The van der Waals surface area contributed by atoms with Gasteiger partial charge in [-0.05, 0) is 43.5 Å². The third kappa shape index (κ3) is 3.32. The molecule has 0 atom stereocenters. The molecule has 1 saturated carbocycles. The highest BCUT2D eigenvalue weighted by Gasteiger charge is 2.19. The molecule has 134 valence electrons. The van der Waals surface area contributed by atoms with Gasteiger partial charge in [-0.15, -0.1) is 0 Å². The number of aromatic amines is 1. The quantitative estimate of drug-likeness (QED) is 0.610. The first-order chi connectivity index (χ1) is 12.7. The van der Waals surface area contributed by atoms with Crippen molar-refractivity contribution in [1.29, 1.82) is 0 Å². The predicted molar refractivity (Wildman–Crippen MR) is 106 cm³/mol. The molecule has 1 aliphatic rings. The van der Waals surface area contributed by atoms with Crippen molar-refractivity contribution in [1.82, 2.24) is 4.98 Å². The molecule has 4 nitrogen and oxygen atoms in total. The van der Waals surface area contributed by atoms with Gasteiger partial charge in [-0.1, -0.05) is 43.2 Å². The number of aromatic nitrogens is 1. The van der Waals surface area contributed by atoms with Gasteiger partial charge in [0.25, 0.3) is 0 Å². The molecule has 4 heteroatoms. The van der Waals surface area contributed by atoms with E-state index < -0.39 is 0 Å². The second-order valence-electron chi connectivity index (χ2n) is 6.88. The molecule has 4 rings (SSSR count). The van der Waals surface area contributed by atoms with Gasteiger partial charge in [0, 0.05) is 17.1 Å². The number of esters is 1. The Balaban J connectivity index is 1.79. The van der Waals surface area contributed by atoms with Crippen LogP contribution in [-0.2, 0) is 4.74 Å². The Bertz CT molecular complexity index is 909. The molecule has 3 aromatic rings. The van der Waals surface area contributed by atoms with Crippen LogP contribution in [0, 0.1) is 0 Å². The molecule has 1 aliphatic carbocycles. The van der Waals surface area contributed by atoms with Crippen LogP contribution in [0.4, 0.5) is 5.69 Å². The maximum absolute atomic E-state index is 12.3. The highest BCUT2D eigenvalue weighted by atomic mass is 16.5. The summed E-state index contributed by atoms with van der Waals surface area (Å²) in [5.41, 5.74) is 4.81. The summed E-state index contributed by atoms with van der Waals surface area (Å²) < 4.78 is 5.22. The van der Waals surface area contributed by atoms with E-state index in [9.17, 15) is 4.79 Å². The number of H-pyrrole nitrogens is 1. The van der Waals surface area contributed by atoms with Gasteiger partial charge in [0.2, 0.25) is 0 Å². The fourth-order valence-electron chi connectivity index (χ4n) is 3.75. The summed E-state index contributed by atoms with van der Waals surface area (Å²) in [4.78, 5) is 15.8. The standard InChI is InChI=1S/C22H24N2O2/c1-2-26-22(25)17-12-16-13-19(15-8-4-3-5-9-15)24-21(16)20(14-17)23-18-10-6-7-11-18/h3-5,8-9,12-14,18,23-24H,2,6-7,10-11H2,1H3. The minimum Gasteiger partial charge on any atom is -0.462 e. The summed E-state index contributed by atoms with van der Waals surface area (Å²) in [6.07, 6.45) is 4.88. The Hall–Kier alpha value is -2.75. The van der Waals surface area contributed by atoms with Crippen LogP contribution in [0.5, 0.6) is 0 Å². The average molecular weight is 348 g/mol. The molecule has 0 aliphatic heterocycles. The lowest BCUT2D eigenvalue weighted by Gasteiger charge is -2.15. The van der Waals surface area contributed by atoms with E-state index in [-0.39, 0.29) is 5.97 Å². The SMILES string of the molecule is CCOC(=O)c1cc(NC2CCCC2)c2[nH]c(-c3ccccc3)cc2c1. The third-order valence-electron chi connectivity index (χ3n) is 5.04. The topological polar surface area (TPSA) is 54.1 Å². The molecule has 0 radical (unpaired) electrons. The van der Waals surface area contributed by atoms with Crippen LogP contribution in [0.25, 0.3) is 22.2 Å². The van der Waals surface area contributed by atoms with Gasteiger partial charge in [0.15, 0.2) is 0 Å². The third-order valence-corrected chi connectivity index (χ3v) is 5.04. The number of nitrogens with one attached hydrogen (secondary N) is 2. The Morgan fingerprint density at radius 2 is 1.92 bits per heavy atom. The highest BCUT2D eigenvalue weighted by molar-refractivity contribution is 6.02. The van der Waals surface area contributed by atoms with Crippen molar-refractivity contribution in [2.45, 2.75) is 38.6 Å². The van der Waals surface area contributed by atoms with Crippen LogP contribution in [0.15, 0.2) is 48.5 Å². The van der Waals surface area contributed by atoms with E-state index in [0.29, 0.717) is 18.2 Å². The van der Waals surface area contributed by atoms with E-state index >= 15 is 0 Å². The molecule has 0 saturated heterocycles. The second-order valence-corrected chi connectivity index (χ2v) is 6.88. The molecule has 26 heavy (non-hydrogen) atoms. The molecule has 2 aromatic carbocycles. The number of carbonyl (C=O) groups excluding carboxylic acids is 1. The number of fused-ring (bicyclic) bond motifs is 1. The molecule has 1 aromatic heterocycles. The van der Waals surface area contributed by atoms with Crippen LogP contribution >= 0.6 is 0 Å². The van der Waals surface area contributed by atoms with Gasteiger partial charge in [-0.2, -0.15) is 0 Å². The molecule has 0 amide bonds. The fourth-order valence-corrected chi connectivity index (χ4v) is 3.75. The largest absolute Gasteiger partial charge is 0.462 e. The molecule has 0 bridgehead atoms. The molecular weight excluding hydrogens is 324 g/mol. The van der Waals surface area contributed by atoms with Crippen LogP contribution in [0.2, 0.25) is 0 Å². The number of carbonyl (C=O) groups is 1. The zero-order chi connectivity index (χ0) is 17.9. The van der Waals surface area contributed by atoms with Gasteiger partial charge in [0.1, 0.15) is 0 Å². The van der Waals surface area contributed by atoms with E-state index in [2.05, 4.69) is 28.5 Å². The van der Waals surface area contributed by atoms with E-state index in [0.717, 1.165) is 27.8 Å².